The number of aliphatic carboxylic acids is 1. The van der Waals surface area contributed by atoms with Crippen LogP contribution in [0.4, 0.5) is 5.69 Å². The minimum atomic E-state index is -0.902. The molecule has 0 aliphatic heterocycles. The Morgan fingerprint density at radius 1 is 1.38 bits per heavy atom. The average molecular weight is 223 g/mol. The number of anilines is 1. The normalized spacial score (nSPS) is 12.2. The van der Waals surface area contributed by atoms with Gasteiger partial charge in [0.1, 0.15) is 6.54 Å². The monoisotopic (exact) mass is 223 g/mol. The molecular weight excluding hydrogens is 206 g/mol. The topological polar surface area (TPSA) is 60.8 Å². The lowest BCUT2D eigenvalue weighted by Crippen LogP contribution is -2.35. The summed E-state index contributed by atoms with van der Waals surface area (Å²) >= 11 is 0. The van der Waals surface area contributed by atoms with E-state index in [0.717, 1.165) is 11.3 Å². The van der Waals surface area contributed by atoms with E-state index in [4.69, 9.17) is 5.11 Å². The average Bonchev–Trinajstić information content (AvgIpc) is 2.16. The maximum atomic E-state index is 10.7. The molecule has 0 heterocycles. The highest BCUT2D eigenvalue weighted by atomic mass is 16.4. The van der Waals surface area contributed by atoms with Crippen LogP contribution in [0.15, 0.2) is 24.3 Å². The Kier molecular flexibility index (Phi) is 4.31. The summed E-state index contributed by atoms with van der Waals surface area (Å²) in [7, 11) is 0. The Morgan fingerprint density at radius 3 is 2.38 bits per heavy atom. The van der Waals surface area contributed by atoms with Gasteiger partial charge in [0.25, 0.3) is 0 Å². The number of aryl methyl sites for hydroxylation is 1. The molecule has 0 radical (unpaired) electrons. The number of hydrogen-bond acceptors (Lipinski definition) is 3. The van der Waals surface area contributed by atoms with Gasteiger partial charge in [0.15, 0.2) is 0 Å². The van der Waals surface area contributed by atoms with Gasteiger partial charge in [-0.1, -0.05) is 17.7 Å². The van der Waals surface area contributed by atoms with Gasteiger partial charge in [0, 0.05) is 12.2 Å². The van der Waals surface area contributed by atoms with Crippen LogP contribution in [0.2, 0.25) is 0 Å². The lowest BCUT2D eigenvalue weighted by molar-refractivity contribution is -0.135. The maximum Gasteiger partial charge on any atom is 0.323 e. The van der Waals surface area contributed by atoms with Gasteiger partial charge >= 0.3 is 5.97 Å². The minimum Gasteiger partial charge on any atom is -0.480 e. The fraction of sp³-hybridized carbons (Fsp3) is 0.417. The molecule has 0 fully saturated rings. The minimum absolute atomic E-state index is 0.103. The zero-order chi connectivity index (χ0) is 12.1. The third kappa shape index (κ3) is 3.90. The summed E-state index contributed by atoms with van der Waals surface area (Å²) in [5.74, 6) is -0.902. The van der Waals surface area contributed by atoms with Crippen LogP contribution in [0, 0.1) is 6.92 Å². The van der Waals surface area contributed by atoms with Gasteiger partial charge in [-0.05, 0) is 26.0 Å². The van der Waals surface area contributed by atoms with E-state index in [-0.39, 0.29) is 6.54 Å². The molecule has 16 heavy (non-hydrogen) atoms. The summed E-state index contributed by atoms with van der Waals surface area (Å²) in [6.07, 6.45) is -0.555. The van der Waals surface area contributed by atoms with Crippen LogP contribution in [0.1, 0.15) is 12.5 Å². The van der Waals surface area contributed by atoms with Crippen molar-refractivity contribution in [2.24, 2.45) is 0 Å². The number of aliphatic hydroxyl groups excluding tert-OH is 1. The molecule has 0 spiro atoms. The van der Waals surface area contributed by atoms with E-state index in [1.54, 1.807) is 11.8 Å². The molecule has 0 aromatic heterocycles. The first-order chi connectivity index (χ1) is 7.49. The fourth-order valence-electron chi connectivity index (χ4n) is 1.50. The number of aliphatic hydroxyl groups is 1. The summed E-state index contributed by atoms with van der Waals surface area (Å²) in [6, 6.07) is 7.57. The largest absolute Gasteiger partial charge is 0.480 e. The van der Waals surface area contributed by atoms with E-state index in [2.05, 4.69) is 0 Å². The van der Waals surface area contributed by atoms with Gasteiger partial charge in [-0.3, -0.25) is 4.79 Å². The molecular formula is C12H17NO3. The molecule has 4 heteroatoms. The highest BCUT2D eigenvalue weighted by Crippen LogP contribution is 2.15. The fourth-order valence-corrected chi connectivity index (χ4v) is 1.50. The molecule has 88 valence electrons. The summed E-state index contributed by atoms with van der Waals surface area (Å²) in [5.41, 5.74) is 1.94. The van der Waals surface area contributed by atoms with Crippen molar-refractivity contribution in [3.63, 3.8) is 0 Å². The first kappa shape index (κ1) is 12.5. The molecule has 0 saturated carbocycles. The van der Waals surface area contributed by atoms with Gasteiger partial charge in [-0.2, -0.15) is 0 Å². The molecule has 0 bridgehead atoms. The van der Waals surface area contributed by atoms with E-state index in [1.165, 1.54) is 0 Å². The number of rotatable bonds is 5. The van der Waals surface area contributed by atoms with E-state index < -0.39 is 12.1 Å². The van der Waals surface area contributed by atoms with Crippen LogP contribution in [0.25, 0.3) is 0 Å². The van der Waals surface area contributed by atoms with Crippen LogP contribution >= 0.6 is 0 Å². The third-order valence-electron chi connectivity index (χ3n) is 2.21. The summed E-state index contributed by atoms with van der Waals surface area (Å²) < 4.78 is 0. The third-order valence-corrected chi connectivity index (χ3v) is 2.21. The van der Waals surface area contributed by atoms with Crippen molar-refractivity contribution >= 4 is 11.7 Å². The van der Waals surface area contributed by atoms with Gasteiger partial charge in [0.2, 0.25) is 0 Å². The number of benzene rings is 1. The van der Waals surface area contributed by atoms with E-state index in [0.29, 0.717) is 6.54 Å². The molecule has 0 aliphatic rings. The SMILES string of the molecule is Cc1ccc(N(CC(=O)O)CC(C)O)cc1. The molecule has 1 atom stereocenters. The Labute approximate surface area is 95.1 Å². The second kappa shape index (κ2) is 5.51. The van der Waals surface area contributed by atoms with Crippen LogP contribution in [-0.4, -0.2) is 35.4 Å². The standard InChI is InChI=1S/C12H17NO3/c1-9-3-5-11(6-4-9)13(7-10(2)14)8-12(15)16/h3-6,10,14H,7-8H2,1-2H3,(H,15,16). The summed E-state index contributed by atoms with van der Waals surface area (Å²) in [4.78, 5) is 12.4. The zero-order valence-corrected chi connectivity index (χ0v) is 9.55. The zero-order valence-electron chi connectivity index (χ0n) is 9.55. The highest BCUT2D eigenvalue weighted by Gasteiger charge is 2.12. The molecule has 0 saturated heterocycles. The lowest BCUT2D eigenvalue weighted by atomic mass is 10.2. The van der Waals surface area contributed by atoms with Crippen LogP contribution in [-0.2, 0) is 4.79 Å². The Hall–Kier alpha value is -1.55. The van der Waals surface area contributed by atoms with Gasteiger partial charge in [-0.15, -0.1) is 0 Å². The van der Waals surface area contributed by atoms with Crippen molar-refractivity contribution in [1.29, 1.82) is 0 Å². The lowest BCUT2D eigenvalue weighted by Gasteiger charge is -2.24. The first-order valence-electron chi connectivity index (χ1n) is 5.20. The molecule has 1 unspecified atom stereocenters. The summed E-state index contributed by atoms with van der Waals surface area (Å²) in [5, 5.41) is 18.1. The highest BCUT2D eigenvalue weighted by molar-refractivity contribution is 5.73. The Balaban J connectivity index is 2.82. The predicted molar refractivity (Wildman–Crippen MR) is 62.7 cm³/mol. The number of carboxylic acid groups (broad SMARTS) is 1. The van der Waals surface area contributed by atoms with Gasteiger partial charge < -0.3 is 15.1 Å². The summed E-state index contributed by atoms with van der Waals surface area (Å²) in [6.45, 7) is 3.83. The molecule has 1 rings (SSSR count). The molecule has 0 amide bonds. The van der Waals surface area contributed by atoms with Crippen molar-refractivity contribution in [2.45, 2.75) is 20.0 Å². The second-order valence-corrected chi connectivity index (χ2v) is 3.96. The van der Waals surface area contributed by atoms with Crippen molar-refractivity contribution in [3.8, 4) is 0 Å². The van der Waals surface area contributed by atoms with Crippen LogP contribution < -0.4 is 4.90 Å². The van der Waals surface area contributed by atoms with Crippen molar-refractivity contribution < 1.29 is 15.0 Å². The maximum absolute atomic E-state index is 10.7. The van der Waals surface area contributed by atoms with Crippen molar-refractivity contribution in [3.05, 3.63) is 29.8 Å². The van der Waals surface area contributed by atoms with Gasteiger partial charge in [0.05, 0.1) is 6.10 Å². The Morgan fingerprint density at radius 2 is 1.94 bits per heavy atom. The van der Waals surface area contributed by atoms with Gasteiger partial charge in [-0.25, -0.2) is 0 Å². The number of nitrogens with zero attached hydrogens (tertiary/aromatic N) is 1. The molecule has 2 N–H and O–H groups in total. The molecule has 0 aliphatic carbocycles. The molecule has 4 nitrogen and oxygen atoms in total. The van der Waals surface area contributed by atoms with E-state index in [9.17, 15) is 9.90 Å². The van der Waals surface area contributed by atoms with E-state index in [1.807, 2.05) is 31.2 Å². The molecule has 1 aromatic carbocycles. The number of carboxylic acids is 1. The first-order valence-corrected chi connectivity index (χ1v) is 5.20. The second-order valence-electron chi connectivity index (χ2n) is 3.96. The predicted octanol–water partition coefficient (Wildman–Crippen LogP) is 1.27. The van der Waals surface area contributed by atoms with E-state index >= 15 is 0 Å². The quantitative estimate of drug-likeness (QED) is 0.789. The van der Waals surface area contributed by atoms with Crippen molar-refractivity contribution in [1.82, 2.24) is 0 Å². The van der Waals surface area contributed by atoms with Crippen molar-refractivity contribution in [2.75, 3.05) is 18.0 Å². The number of carbonyl (C=O) groups is 1. The van der Waals surface area contributed by atoms with Crippen LogP contribution in [0.5, 0.6) is 0 Å². The smallest absolute Gasteiger partial charge is 0.323 e. The Bertz CT molecular complexity index is 346. The van der Waals surface area contributed by atoms with Crippen LogP contribution in [0.3, 0.4) is 0 Å². The molecule has 1 aromatic rings. The number of hydrogen-bond donors (Lipinski definition) is 2.